The van der Waals surface area contributed by atoms with E-state index in [4.69, 9.17) is 5.73 Å². The third kappa shape index (κ3) is 3.70. The van der Waals surface area contributed by atoms with E-state index in [2.05, 4.69) is 21.0 Å². The lowest BCUT2D eigenvalue weighted by Gasteiger charge is -2.37. The lowest BCUT2D eigenvalue weighted by atomic mass is 9.87. The van der Waals surface area contributed by atoms with Gasteiger partial charge in [0.2, 0.25) is 5.91 Å². The van der Waals surface area contributed by atoms with E-state index in [1.807, 2.05) is 31.3 Å². The van der Waals surface area contributed by atoms with Crippen molar-refractivity contribution >= 4 is 17.6 Å². The molecule has 1 aliphatic heterocycles. The molecule has 1 saturated heterocycles. The van der Waals surface area contributed by atoms with Crippen molar-refractivity contribution in [2.75, 3.05) is 18.4 Å². The molecule has 0 saturated carbocycles. The molecule has 1 atom stereocenters. The monoisotopic (exact) mass is 356 g/mol. The molecule has 5 N–H and O–H groups in total. The van der Waals surface area contributed by atoms with Crippen molar-refractivity contribution in [3.05, 3.63) is 48.3 Å². The zero-order valence-electron chi connectivity index (χ0n) is 14.7. The third-order valence-electron chi connectivity index (χ3n) is 4.82. The van der Waals surface area contributed by atoms with Crippen molar-refractivity contribution in [2.45, 2.75) is 31.3 Å². The molecule has 1 aliphatic rings. The molecule has 3 rings (SSSR count). The number of nitrogens with one attached hydrogen (secondary N) is 3. The zero-order valence-corrected chi connectivity index (χ0v) is 14.7. The first kappa shape index (κ1) is 17.9. The molecule has 0 radical (unpaired) electrons. The van der Waals surface area contributed by atoms with Gasteiger partial charge in [-0.1, -0.05) is 12.1 Å². The number of anilines is 1. The van der Waals surface area contributed by atoms with Crippen LogP contribution < -0.4 is 21.7 Å². The van der Waals surface area contributed by atoms with Gasteiger partial charge in [-0.3, -0.25) is 9.48 Å². The Balaban J connectivity index is 1.74. The number of primary amides is 1. The van der Waals surface area contributed by atoms with Crippen LogP contribution in [0.3, 0.4) is 0 Å². The van der Waals surface area contributed by atoms with Crippen LogP contribution in [0.4, 0.5) is 10.5 Å². The molecule has 1 aromatic carbocycles. The van der Waals surface area contributed by atoms with Crippen LogP contribution in [-0.4, -0.2) is 34.8 Å². The number of hydrogen-bond acceptors (Lipinski definition) is 4. The third-order valence-corrected chi connectivity index (χ3v) is 4.82. The van der Waals surface area contributed by atoms with E-state index < -0.39 is 11.6 Å². The number of nitrogens with zero attached hydrogens (tertiary/aromatic N) is 2. The molecule has 1 fully saturated rings. The Bertz CT molecular complexity index is 750. The normalized spacial score (nSPS) is 17.3. The lowest BCUT2D eigenvalue weighted by molar-refractivity contribution is -0.132. The second-order valence-electron chi connectivity index (χ2n) is 6.54. The van der Waals surface area contributed by atoms with Gasteiger partial charge in [0.05, 0.1) is 6.04 Å². The van der Waals surface area contributed by atoms with Crippen molar-refractivity contribution in [3.8, 4) is 0 Å². The summed E-state index contributed by atoms with van der Waals surface area (Å²) in [5, 5.41) is 13.3. The van der Waals surface area contributed by atoms with Gasteiger partial charge in [-0.15, -0.1) is 0 Å². The van der Waals surface area contributed by atoms with E-state index in [9.17, 15) is 9.59 Å². The number of benzene rings is 1. The highest BCUT2D eigenvalue weighted by molar-refractivity contribution is 5.87. The van der Waals surface area contributed by atoms with Gasteiger partial charge in [-0.05, 0) is 56.6 Å². The second-order valence-corrected chi connectivity index (χ2v) is 6.54. The summed E-state index contributed by atoms with van der Waals surface area (Å²) >= 11 is 0. The van der Waals surface area contributed by atoms with E-state index in [0.29, 0.717) is 18.5 Å². The fourth-order valence-electron chi connectivity index (χ4n) is 3.33. The average molecular weight is 356 g/mol. The van der Waals surface area contributed by atoms with Gasteiger partial charge in [-0.2, -0.15) is 5.10 Å². The smallest absolute Gasteiger partial charge is 0.316 e. The summed E-state index contributed by atoms with van der Waals surface area (Å²) in [5.41, 5.74) is 6.00. The average Bonchev–Trinajstić information content (AvgIpc) is 3.17. The molecule has 8 heteroatoms. The number of carbonyl (C=O) groups is 2. The van der Waals surface area contributed by atoms with Gasteiger partial charge in [0.25, 0.3) is 0 Å². The van der Waals surface area contributed by atoms with Crippen LogP contribution in [-0.2, 0) is 10.3 Å². The largest absolute Gasteiger partial charge is 0.351 e. The summed E-state index contributed by atoms with van der Waals surface area (Å²) in [6.07, 6.45) is 4.92. The quantitative estimate of drug-likeness (QED) is 0.647. The molecule has 26 heavy (non-hydrogen) atoms. The van der Waals surface area contributed by atoms with Gasteiger partial charge >= 0.3 is 6.03 Å². The van der Waals surface area contributed by atoms with Crippen LogP contribution in [0.5, 0.6) is 0 Å². The first-order chi connectivity index (χ1) is 12.5. The molecule has 0 spiro atoms. The van der Waals surface area contributed by atoms with Crippen molar-refractivity contribution < 1.29 is 9.59 Å². The molecule has 0 aliphatic carbocycles. The Kier molecular flexibility index (Phi) is 5.22. The fourth-order valence-corrected chi connectivity index (χ4v) is 3.33. The van der Waals surface area contributed by atoms with E-state index in [1.54, 1.807) is 23.0 Å². The Morgan fingerprint density at radius 1 is 1.27 bits per heavy atom. The fraction of sp³-hybridized carbons (Fsp3) is 0.389. The van der Waals surface area contributed by atoms with E-state index in [0.717, 1.165) is 18.7 Å². The Labute approximate surface area is 152 Å². The highest BCUT2D eigenvalue weighted by Gasteiger charge is 2.42. The van der Waals surface area contributed by atoms with Gasteiger partial charge in [0.15, 0.2) is 0 Å². The van der Waals surface area contributed by atoms with Crippen LogP contribution in [0, 0.1) is 0 Å². The van der Waals surface area contributed by atoms with Gasteiger partial charge in [0.1, 0.15) is 5.54 Å². The van der Waals surface area contributed by atoms with E-state index in [-0.39, 0.29) is 11.9 Å². The molecule has 8 nitrogen and oxygen atoms in total. The topological polar surface area (TPSA) is 114 Å². The maximum Gasteiger partial charge on any atom is 0.316 e. The zero-order chi connectivity index (χ0) is 18.6. The minimum atomic E-state index is -0.670. The number of nitrogens with two attached hydrogens (primary N) is 1. The van der Waals surface area contributed by atoms with E-state index in [1.165, 1.54) is 0 Å². The lowest BCUT2D eigenvalue weighted by Crippen LogP contribution is -2.55. The predicted octanol–water partition coefficient (Wildman–Crippen LogP) is 1.33. The Hall–Kier alpha value is -2.87. The molecule has 138 valence electrons. The number of urea groups is 1. The maximum absolute atomic E-state index is 13.1. The second kappa shape index (κ2) is 7.57. The molecule has 3 amide bonds. The Morgan fingerprint density at radius 3 is 2.54 bits per heavy atom. The van der Waals surface area contributed by atoms with Crippen molar-refractivity contribution in [1.82, 2.24) is 20.4 Å². The maximum atomic E-state index is 13.1. The summed E-state index contributed by atoms with van der Waals surface area (Å²) in [6, 6.07) is 8.30. The molecular weight excluding hydrogens is 332 g/mol. The molecule has 1 aromatic heterocycles. The summed E-state index contributed by atoms with van der Waals surface area (Å²) in [5.74, 6) is -0.0328. The number of piperidine rings is 1. The number of hydrogen-bond donors (Lipinski definition) is 4. The van der Waals surface area contributed by atoms with E-state index >= 15 is 0 Å². The Morgan fingerprint density at radius 2 is 1.96 bits per heavy atom. The first-order valence-electron chi connectivity index (χ1n) is 8.69. The number of aromatic nitrogens is 2. The SMILES string of the molecule is CC(NC(=O)C1(n2cccn2)CCNCC1)c1ccc(NC(N)=O)cc1. The van der Waals surface area contributed by atoms with Crippen LogP contribution in [0.25, 0.3) is 0 Å². The number of carbonyl (C=O) groups excluding carboxylic acids is 2. The molecule has 2 heterocycles. The standard InChI is InChI=1S/C18H24N6O2/c1-13(14-3-5-15(6-4-14)23-17(19)26)22-16(25)18(7-10-20-11-8-18)24-12-2-9-21-24/h2-6,9,12-13,20H,7-8,10-11H2,1H3,(H,22,25)(H3,19,23,26). The summed E-state index contributed by atoms with van der Waals surface area (Å²) in [4.78, 5) is 24.0. The van der Waals surface area contributed by atoms with Crippen molar-refractivity contribution in [3.63, 3.8) is 0 Å². The van der Waals surface area contributed by atoms with Crippen LogP contribution in [0.15, 0.2) is 42.7 Å². The molecule has 0 bridgehead atoms. The predicted molar refractivity (Wildman–Crippen MR) is 98.5 cm³/mol. The van der Waals surface area contributed by atoms with Crippen LogP contribution in [0.2, 0.25) is 0 Å². The minimum absolute atomic E-state index is 0.0328. The number of amides is 3. The van der Waals surface area contributed by atoms with Gasteiger partial charge in [-0.25, -0.2) is 4.79 Å². The van der Waals surface area contributed by atoms with Crippen molar-refractivity contribution in [2.24, 2.45) is 5.73 Å². The van der Waals surface area contributed by atoms with Crippen LogP contribution >= 0.6 is 0 Å². The summed E-state index contributed by atoms with van der Waals surface area (Å²) in [7, 11) is 0. The highest BCUT2D eigenvalue weighted by Crippen LogP contribution is 2.28. The van der Waals surface area contributed by atoms with Gasteiger partial charge < -0.3 is 21.7 Å². The van der Waals surface area contributed by atoms with Gasteiger partial charge in [0, 0.05) is 18.1 Å². The molecule has 1 unspecified atom stereocenters. The molecular formula is C18H24N6O2. The van der Waals surface area contributed by atoms with Crippen LogP contribution in [0.1, 0.15) is 31.4 Å². The molecule has 2 aromatic rings. The summed E-state index contributed by atoms with van der Waals surface area (Å²) < 4.78 is 1.77. The first-order valence-corrected chi connectivity index (χ1v) is 8.69. The van der Waals surface area contributed by atoms with Crippen molar-refractivity contribution in [1.29, 1.82) is 0 Å². The highest BCUT2D eigenvalue weighted by atomic mass is 16.2. The number of rotatable bonds is 5. The summed E-state index contributed by atoms with van der Waals surface area (Å²) in [6.45, 7) is 3.48. The minimum Gasteiger partial charge on any atom is -0.351 e.